The van der Waals surface area contributed by atoms with Gasteiger partial charge in [0, 0.05) is 0 Å². The van der Waals surface area contributed by atoms with E-state index in [1.807, 2.05) is 52.0 Å². The molecule has 0 aliphatic heterocycles. The van der Waals surface area contributed by atoms with Crippen molar-refractivity contribution in [2.24, 2.45) is 0 Å². The summed E-state index contributed by atoms with van der Waals surface area (Å²) in [6.45, 7) is 10.1. The number of rotatable bonds is 3. The van der Waals surface area contributed by atoms with Crippen molar-refractivity contribution in [2.75, 3.05) is 0 Å². The molecule has 1 N–H and O–H groups in total. The molecule has 0 bridgehead atoms. The molecular weight excluding hydrogens is 200 g/mol. The predicted octanol–water partition coefficient (Wildman–Crippen LogP) is 3.93. The van der Waals surface area contributed by atoms with Crippen LogP contribution in [0, 0.1) is 0 Å². The van der Waals surface area contributed by atoms with Gasteiger partial charge in [-0.1, -0.05) is 58.9 Å². The first-order valence-electron chi connectivity index (χ1n) is 6.02. The normalized spacial score (nSPS) is 8.06. The molecule has 0 aliphatic rings. The van der Waals surface area contributed by atoms with E-state index in [1.165, 1.54) is 5.56 Å². The summed E-state index contributed by atoms with van der Waals surface area (Å²) in [4.78, 5) is 10.3. The topological polar surface area (TPSA) is 37.3 Å². The Morgan fingerprint density at radius 3 is 1.69 bits per heavy atom. The Hall–Kier alpha value is -1.31. The minimum atomic E-state index is -0.778. The lowest BCUT2D eigenvalue weighted by Crippen LogP contribution is -1.99. The van der Waals surface area contributed by atoms with Gasteiger partial charge in [0.2, 0.25) is 0 Å². The van der Waals surface area contributed by atoms with E-state index < -0.39 is 5.97 Å². The third-order valence-electron chi connectivity index (χ3n) is 1.79. The van der Waals surface area contributed by atoms with Crippen LogP contribution in [-0.2, 0) is 17.6 Å². The zero-order valence-corrected chi connectivity index (χ0v) is 11.1. The van der Waals surface area contributed by atoms with Crippen LogP contribution in [0.4, 0.5) is 0 Å². The monoisotopic (exact) mass is 224 g/mol. The Morgan fingerprint density at radius 1 is 1.00 bits per heavy atom. The highest BCUT2D eigenvalue weighted by Crippen LogP contribution is 2.05. The van der Waals surface area contributed by atoms with Crippen molar-refractivity contribution in [1.82, 2.24) is 0 Å². The van der Waals surface area contributed by atoms with Gasteiger partial charge in [-0.2, -0.15) is 0 Å². The van der Waals surface area contributed by atoms with Crippen molar-refractivity contribution in [3.8, 4) is 0 Å². The number of carbonyl (C=O) groups is 1. The van der Waals surface area contributed by atoms with E-state index in [9.17, 15) is 4.79 Å². The van der Waals surface area contributed by atoms with Gasteiger partial charge in [0.05, 0.1) is 6.42 Å². The first-order chi connectivity index (χ1) is 7.72. The molecule has 2 heteroatoms. The molecule has 1 aromatic carbocycles. The number of benzene rings is 1. The third-order valence-corrected chi connectivity index (χ3v) is 1.79. The Kier molecular flexibility index (Phi) is 12.6. The zero-order valence-electron chi connectivity index (χ0n) is 11.1. The van der Waals surface area contributed by atoms with Gasteiger partial charge in [0.25, 0.3) is 0 Å². The zero-order chi connectivity index (χ0) is 13.0. The molecule has 0 saturated heterocycles. The number of hydrogen-bond acceptors (Lipinski definition) is 1. The van der Waals surface area contributed by atoms with E-state index in [4.69, 9.17) is 5.11 Å². The quantitative estimate of drug-likeness (QED) is 0.844. The van der Waals surface area contributed by atoms with Crippen LogP contribution in [0.25, 0.3) is 0 Å². The van der Waals surface area contributed by atoms with Gasteiger partial charge in [-0.25, -0.2) is 0 Å². The van der Waals surface area contributed by atoms with Crippen LogP contribution in [0.2, 0.25) is 0 Å². The molecule has 2 nitrogen and oxygen atoms in total. The molecule has 0 fully saturated rings. The molecule has 0 atom stereocenters. The summed E-state index contributed by atoms with van der Waals surface area (Å²) < 4.78 is 0. The summed E-state index contributed by atoms with van der Waals surface area (Å²) >= 11 is 0. The fourth-order valence-corrected chi connectivity index (χ4v) is 1.07. The lowest BCUT2D eigenvalue weighted by Gasteiger charge is -1.98. The molecule has 0 unspecified atom stereocenters. The summed E-state index contributed by atoms with van der Waals surface area (Å²) in [6.07, 6.45) is 1.11. The lowest BCUT2D eigenvalue weighted by molar-refractivity contribution is -0.136. The highest BCUT2D eigenvalue weighted by Gasteiger charge is 1.98. The summed E-state index contributed by atoms with van der Waals surface area (Å²) in [6, 6.07) is 7.68. The molecule has 0 aromatic heterocycles. The number of carboxylic acid groups (broad SMARTS) is 1. The van der Waals surface area contributed by atoms with Gasteiger partial charge in [-0.3, -0.25) is 4.79 Å². The molecule has 1 aromatic rings. The highest BCUT2D eigenvalue weighted by atomic mass is 16.4. The molecule has 16 heavy (non-hydrogen) atoms. The van der Waals surface area contributed by atoms with E-state index in [0.717, 1.165) is 12.0 Å². The highest BCUT2D eigenvalue weighted by molar-refractivity contribution is 5.70. The van der Waals surface area contributed by atoms with Gasteiger partial charge >= 0.3 is 5.97 Å². The molecule has 0 aliphatic carbocycles. The lowest BCUT2D eigenvalue weighted by atomic mass is 10.1. The average molecular weight is 224 g/mol. The fourth-order valence-electron chi connectivity index (χ4n) is 1.07. The second-order valence-electron chi connectivity index (χ2n) is 2.74. The Balaban J connectivity index is 0. The maximum absolute atomic E-state index is 10.3. The van der Waals surface area contributed by atoms with Crippen LogP contribution in [-0.4, -0.2) is 11.1 Å². The van der Waals surface area contributed by atoms with E-state index in [1.54, 1.807) is 0 Å². The van der Waals surface area contributed by atoms with Gasteiger partial charge in [-0.05, 0) is 17.5 Å². The SMILES string of the molecule is CC.CC.CCc1ccc(CC(=O)O)cc1. The van der Waals surface area contributed by atoms with Crippen molar-refractivity contribution in [3.63, 3.8) is 0 Å². The molecule has 92 valence electrons. The average Bonchev–Trinajstić information content (AvgIpc) is 2.34. The molecule has 0 saturated carbocycles. The number of aliphatic carboxylic acids is 1. The maximum Gasteiger partial charge on any atom is 0.307 e. The van der Waals surface area contributed by atoms with Gasteiger partial charge < -0.3 is 5.11 Å². The Bertz CT molecular complexity index is 263. The summed E-state index contributed by atoms with van der Waals surface area (Å²) in [5, 5.41) is 8.49. The molecule has 1 rings (SSSR count). The molecule has 0 spiro atoms. The van der Waals surface area contributed by atoms with Crippen LogP contribution in [0.15, 0.2) is 24.3 Å². The van der Waals surface area contributed by atoms with Gasteiger partial charge in [0.1, 0.15) is 0 Å². The smallest absolute Gasteiger partial charge is 0.307 e. The van der Waals surface area contributed by atoms with Crippen molar-refractivity contribution < 1.29 is 9.90 Å². The Labute approximate surface area is 99.3 Å². The predicted molar refractivity (Wildman–Crippen MR) is 69.9 cm³/mol. The minimum absolute atomic E-state index is 0.115. The van der Waals surface area contributed by atoms with Crippen molar-refractivity contribution >= 4 is 5.97 Å². The van der Waals surface area contributed by atoms with Crippen LogP contribution < -0.4 is 0 Å². The second kappa shape index (κ2) is 11.8. The van der Waals surface area contributed by atoms with Crippen LogP contribution >= 0.6 is 0 Å². The summed E-state index contributed by atoms with van der Waals surface area (Å²) in [5.41, 5.74) is 2.10. The molecular formula is C14H24O2. The fraction of sp³-hybridized carbons (Fsp3) is 0.500. The van der Waals surface area contributed by atoms with E-state index >= 15 is 0 Å². The number of aryl methyl sites for hydroxylation is 1. The number of hydrogen-bond donors (Lipinski definition) is 1. The first kappa shape index (κ1) is 17.1. The maximum atomic E-state index is 10.3. The molecule has 0 radical (unpaired) electrons. The summed E-state index contributed by atoms with van der Waals surface area (Å²) in [5.74, 6) is -0.778. The van der Waals surface area contributed by atoms with Crippen LogP contribution in [0.1, 0.15) is 45.7 Å². The number of carboxylic acids is 1. The van der Waals surface area contributed by atoms with E-state index in [0.29, 0.717) is 0 Å². The minimum Gasteiger partial charge on any atom is -0.481 e. The van der Waals surface area contributed by atoms with Crippen LogP contribution in [0.5, 0.6) is 0 Å². The molecule has 0 heterocycles. The van der Waals surface area contributed by atoms with E-state index in [-0.39, 0.29) is 6.42 Å². The van der Waals surface area contributed by atoms with Crippen molar-refractivity contribution in [3.05, 3.63) is 35.4 Å². The molecule has 0 amide bonds. The van der Waals surface area contributed by atoms with Gasteiger partial charge in [-0.15, -0.1) is 0 Å². The first-order valence-corrected chi connectivity index (χ1v) is 6.02. The standard InChI is InChI=1S/C10H12O2.2C2H6/c1-2-8-3-5-9(6-4-8)7-10(11)12;2*1-2/h3-6H,2,7H2,1H3,(H,11,12);2*1-2H3. The largest absolute Gasteiger partial charge is 0.481 e. The van der Waals surface area contributed by atoms with Gasteiger partial charge in [0.15, 0.2) is 0 Å². The second-order valence-corrected chi connectivity index (χ2v) is 2.74. The third kappa shape index (κ3) is 8.04. The van der Waals surface area contributed by atoms with Crippen LogP contribution in [0.3, 0.4) is 0 Å². The van der Waals surface area contributed by atoms with Crippen molar-refractivity contribution in [1.29, 1.82) is 0 Å². The Morgan fingerprint density at radius 2 is 1.38 bits per heavy atom. The van der Waals surface area contributed by atoms with E-state index in [2.05, 4.69) is 6.92 Å². The van der Waals surface area contributed by atoms with Crippen molar-refractivity contribution in [2.45, 2.75) is 47.5 Å². The summed E-state index contributed by atoms with van der Waals surface area (Å²) in [7, 11) is 0.